The van der Waals surface area contributed by atoms with Gasteiger partial charge in [-0.15, -0.1) is 0 Å². The first-order chi connectivity index (χ1) is 8.65. The van der Waals surface area contributed by atoms with Gasteiger partial charge in [-0.1, -0.05) is 48.9 Å². The summed E-state index contributed by atoms with van der Waals surface area (Å²) in [7, 11) is 0. The number of hydrogen-bond acceptors (Lipinski definition) is 1. The number of benzene rings is 1. The number of carbonyl (C=O) groups is 1. The monoisotopic (exact) mass is 284 g/mol. The number of carbonyl (C=O) groups excluding carboxylic acids is 1. The molecular weight excluding hydrogens is 267 g/mol. The zero-order valence-corrected chi connectivity index (χ0v) is 11.9. The fourth-order valence-corrected chi connectivity index (χ4v) is 3.02. The largest absolute Gasteiger partial charge is 0.299 e. The molecule has 2 rings (SSSR count). The first kappa shape index (κ1) is 13.9. The summed E-state index contributed by atoms with van der Waals surface area (Å²) in [5.74, 6) is 1.04. The van der Waals surface area contributed by atoms with E-state index in [4.69, 9.17) is 23.2 Å². The maximum absolute atomic E-state index is 11.9. The summed E-state index contributed by atoms with van der Waals surface area (Å²) < 4.78 is 0. The standard InChI is InChI=1S/C15H18Cl2O/c16-13-6-8-15(17)12(9-13)10-14(18)7-5-11-3-1-2-4-11/h6,8-9,11H,1-5,7,10H2. The molecule has 0 N–H and O–H groups in total. The molecule has 1 saturated carbocycles. The molecule has 0 amide bonds. The van der Waals surface area contributed by atoms with Crippen molar-refractivity contribution in [1.82, 2.24) is 0 Å². The Labute approximate surface area is 118 Å². The van der Waals surface area contributed by atoms with E-state index in [9.17, 15) is 4.79 Å². The second-order valence-electron chi connectivity index (χ2n) is 5.14. The van der Waals surface area contributed by atoms with Gasteiger partial charge in [0.25, 0.3) is 0 Å². The van der Waals surface area contributed by atoms with E-state index in [1.165, 1.54) is 25.7 Å². The highest BCUT2D eigenvalue weighted by Gasteiger charge is 2.16. The van der Waals surface area contributed by atoms with E-state index in [2.05, 4.69) is 0 Å². The van der Waals surface area contributed by atoms with Crippen molar-refractivity contribution in [1.29, 1.82) is 0 Å². The maximum atomic E-state index is 11.9. The highest BCUT2D eigenvalue weighted by atomic mass is 35.5. The minimum absolute atomic E-state index is 0.270. The van der Waals surface area contributed by atoms with Crippen LogP contribution in [0.25, 0.3) is 0 Å². The molecule has 1 aromatic rings. The molecule has 1 aromatic carbocycles. The molecule has 0 spiro atoms. The predicted molar refractivity (Wildman–Crippen MR) is 76.4 cm³/mol. The lowest BCUT2D eigenvalue weighted by Gasteiger charge is -2.08. The van der Waals surface area contributed by atoms with Gasteiger partial charge in [0.05, 0.1) is 0 Å². The Morgan fingerprint density at radius 1 is 1.22 bits per heavy atom. The summed E-state index contributed by atoms with van der Waals surface area (Å²) in [5, 5.41) is 1.27. The van der Waals surface area contributed by atoms with Crippen molar-refractivity contribution in [3.8, 4) is 0 Å². The molecular formula is C15H18Cl2O. The Balaban J connectivity index is 1.84. The molecule has 0 atom stereocenters. The molecule has 0 radical (unpaired) electrons. The fourth-order valence-electron chi connectivity index (χ4n) is 2.64. The van der Waals surface area contributed by atoms with Gasteiger partial charge in [-0.2, -0.15) is 0 Å². The zero-order chi connectivity index (χ0) is 13.0. The summed E-state index contributed by atoms with van der Waals surface area (Å²) in [5.41, 5.74) is 0.848. The van der Waals surface area contributed by atoms with Gasteiger partial charge in [0.1, 0.15) is 5.78 Å². The average Bonchev–Trinajstić information content (AvgIpc) is 2.84. The third kappa shape index (κ3) is 4.00. The van der Waals surface area contributed by atoms with Crippen molar-refractivity contribution in [3.63, 3.8) is 0 Å². The van der Waals surface area contributed by atoms with Gasteiger partial charge in [0.2, 0.25) is 0 Å². The molecule has 1 nitrogen and oxygen atoms in total. The highest BCUT2D eigenvalue weighted by molar-refractivity contribution is 6.33. The lowest BCUT2D eigenvalue weighted by molar-refractivity contribution is -0.118. The molecule has 0 heterocycles. The number of ketones is 1. The first-order valence-corrected chi connectivity index (χ1v) is 7.36. The molecule has 0 aliphatic heterocycles. The Kier molecular flexibility index (Phi) is 5.08. The smallest absolute Gasteiger partial charge is 0.137 e. The van der Waals surface area contributed by atoms with Crippen LogP contribution in [0.3, 0.4) is 0 Å². The highest BCUT2D eigenvalue weighted by Crippen LogP contribution is 2.29. The average molecular weight is 285 g/mol. The van der Waals surface area contributed by atoms with Crippen molar-refractivity contribution in [3.05, 3.63) is 33.8 Å². The SMILES string of the molecule is O=C(CCC1CCCC1)Cc1cc(Cl)ccc1Cl. The van der Waals surface area contributed by atoms with Crippen LogP contribution in [0, 0.1) is 5.92 Å². The van der Waals surface area contributed by atoms with E-state index < -0.39 is 0 Å². The Bertz CT molecular complexity index is 423. The quantitative estimate of drug-likeness (QED) is 0.737. The lowest BCUT2D eigenvalue weighted by atomic mass is 9.97. The predicted octanol–water partition coefficient (Wildman–Crippen LogP) is 5.08. The molecule has 1 aliphatic rings. The van der Waals surface area contributed by atoms with Gasteiger partial charge in [-0.05, 0) is 36.1 Å². The molecule has 0 saturated heterocycles. The third-order valence-electron chi connectivity index (χ3n) is 3.70. The van der Waals surface area contributed by atoms with Crippen LogP contribution in [-0.2, 0) is 11.2 Å². The van der Waals surface area contributed by atoms with Crippen LogP contribution in [0.1, 0.15) is 44.1 Å². The third-order valence-corrected chi connectivity index (χ3v) is 4.31. The van der Waals surface area contributed by atoms with Gasteiger partial charge >= 0.3 is 0 Å². The Hall–Kier alpha value is -0.530. The minimum atomic E-state index is 0.270. The van der Waals surface area contributed by atoms with Crippen LogP contribution in [0.2, 0.25) is 10.0 Å². The van der Waals surface area contributed by atoms with E-state index in [1.807, 2.05) is 0 Å². The molecule has 0 bridgehead atoms. The lowest BCUT2D eigenvalue weighted by Crippen LogP contribution is -2.06. The summed E-state index contributed by atoms with van der Waals surface area (Å²) in [6.07, 6.45) is 7.38. The molecule has 0 aromatic heterocycles. The van der Waals surface area contributed by atoms with E-state index in [0.717, 1.165) is 17.9 Å². The molecule has 1 fully saturated rings. The van der Waals surface area contributed by atoms with Crippen molar-refractivity contribution >= 4 is 29.0 Å². The Morgan fingerprint density at radius 3 is 2.67 bits per heavy atom. The molecule has 0 unspecified atom stereocenters. The van der Waals surface area contributed by atoms with E-state index in [0.29, 0.717) is 22.9 Å². The van der Waals surface area contributed by atoms with E-state index >= 15 is 0 Å². The van der Waals surface area contributed by atoms with Crippen molar-refractivity contribution < 1.29 is 4.79 Å². The number of rotatable bonds is 5. The van der Waals surface area contributed by atoms with Crippen LogP contribution in [0.15, 0.2) is 18.2 Å². The number of halogens is 2. The van der Waals surface area contributed by atoms with Gasteiger partial charge in [-0.25, -0.2) is 0 Å². The number of hydrogen-bond donors (Lipinski definition) is 0. The van der Waals surface area contributed by atoms with Crippen LogP contribution in [0.5, 0.6) is 0 Å². The van der Waals surface area contributed by atoms with Gasteiger partial charge in [0, 0.05) is 22.9 Å². The zero-order valence-electron chi connectivity index (χ0n) is 10.4. The van der Waals surface area contributed by atoms with E-state index in [1.54, 1.807) is 18.2 Å². The van der Waals surface area contributed by atoms with Crippen LogP contribution < -0.4 is 0 Å². The first-order valence-electron chi connectivity index (χ1n) is 6.61. The maximum Gasteiger partial charge on any atom is 0.137 e. The van der Waals surface area contributed by atoms with E-state index in [-0.39, 0.29) is 5.78 Å². The van der Waals surface area contributed by atoms with Crippen LogP contribution >= 0.6 is 23.2 Å². The van der Waals surface area contributed by atoms with Gasteiger partial charge < -0.3 is 0 Å². The van der Waals surface area contributed by atoms with Crippen LogP contribution in [-0.4, -0.2) is 5.78 Å². The van der Waals surface area contributed by atoms with Gasteiger partial charge in [0.15, 0.2) is 0 Å². The molecule has 98 valence electrons. The Morgan fingerprint density at radius 2 is 1.94 bits per heavy atom. The normalized spacial score (nSPS) is 16.1. The topological polar surface area (TPSA) is 17.1 Å². The molecule has 1 aliphatic carbocycles. The summed E-state index contributed by atoms with van der Waals surface area (Å²) in [6, 6.07) is 5.29. The summed E-state index contributed by atoms with van der Waals surface area (Å²) in [4.78, 5) is 11.9. The van der Waals surface area contributed by atoms with Crippen molar-refractivity contribution in [2.24, 2.45) is 5.92 Å². The number of Topliss-reactive ketones (excluding diaryl/α,β-unsaturated/α-hetero) is 1. The summed E-state index contributed by atoms with van der Waals surface area (Å²) in [6.45, 7) is 0. The fraction of sp³-hybridized carbons (Fsp3) is 0.533. The second-order valence-corrected chi connectivity index (χ2v) is 5.98. The second kappa shape index (κ2) is 6.58. The van der Waals surface area contributed by atoms with Gasteiger partial charge in [-0.3, -0.25) is 4.79 Å². The molecule has 18 heavy (non-hydrogen) atoms. The minimum Gasteiger partial charge on any atom is -0.299 e. The summed E-state index contributed by atoms with van der Waals surface area (Å²) >= 11 is 12.0. The van der Waals surface area contributed by atoms with Crippen LogP contribution in [0.4, 0.5) is 0 Å². The molecule has 3 heteroatoms. The van der Waals surface area contributed by atoms with Crippen molar-refractivity contribution in [2.75, 3.05) is 0 Å². The van der Waals surface area contributed by atoms with Crippen molar-refractivity contribution in [2.45, 2.75) is 44.9 Å².